The summed E-state index contributed by atoms with van der Waals surface area (Å²) in [6, 6.07) is 85.7. The van der Waals surface area contributed by atoms with Crippen LogP contribution in [0.1, 0.15) is 47.9 Å². The molecule has 0 saturated carbocycles. The summed E-state index contributed by atoms with van der Waals surface area (Å²) >= 11 is 0. The molecule has 2 unspecified atom stereocenters. The molecule has 67 heavy (non-hydrogen) atoms. The summed E-state index contributed by atoms with van der Waals surface area (Å²) in [6.45, 7) is 4.61. The van der Waals surface area contributed by atoms with E-state index in [4.69, 9.17) is 0 Å². The number of para-hydroxylation sites is 2. The van der Waals surface area contributed by atoms with Gasteiger partial charge in [-0.15, -0.1) is 0 Å². The highest BCUT2D eigenvalue weighted by molar-refractivity contribution is 6.00. The van der Waals surface area contributed by atoms with Crippen molar-refractivity contribution in [1.29, 1.82) is 0 Å². The van der Waals surface area contributed by atoms with E-state index in [1.807, 2.05) is 0 Å². The molecule has 0 fully saturated rings. The lowest BCUT2D eigenvalue weighted by Gasteiger charge is -2.25. The summed E-state index contributed by atoms with van der Waals surface area (Å²) in [5.41, 5.74) is 19.1. The first kappa shape index (κ1) is 42.7. The minimum absolute atomic E-state index is 0.0851. The van der Waals surface area contributed by atoms with Crippen molar-refractivity contribution in [3.8, 4) is 50.3 Å². The van der Waals surface area contributed by atoms with Crippen LogP contribution in [0.2, 0.25) is 0 Å². The van der Waals surface area contributed by atoms with Crippen molar-refractivity contribution in [3.63, 3.8) is 0 Å². The van der Waals surface area contributed by atoms with Gasteiger partial charge in [0.1, 0.15) is 0 Å². The van der Waals surface area contributed by atoms with E-state index in [1.54, 1.807) is 0 Å². The number of fused-ring (bicyclic) bond motifs is 1. The fourth-order valence-corrected chi connectivity index (χ4v) is 9.53. The van der Waals surface area contributed by atoms with Gasteiger partial charge in [0.25, 0.3) is 0 Å². The van der Waals surface area contributed by atoms with Gasteiger partial charge in [0.15, 0.2) is 0 Å². The quantitative estimate of drug-likeness (QED) is 0.105. The number of allylic oxidation sites excluding steroid dienone is 3. The number of nitrogens with zero attached hydrogens (tertiary/aromatic N) is 2. The van der Waals surface area contributed by atoms with E-state index in [2.05, 4.69) is 291 Å². The van der Waals surface area contributed by atoms with E-state index in [1.165, 1.54) is 77.8 Å². The standard InChI is InChI=1S/C65H54N2/c1-47(49-23-8-4-9-24-49)22-16-17-33-60-59-32-19-21-35-64(59)67(57-43-38-54(39-44-57)52-29-14-7-15-30-52)65(60)61-45-40-55(46-62(61)48(2)50-25-10-5-11-26-50)58-31-18-20-34-63(58)66(3)56-41-36-53(37-42-56)51-27-12-6-13-28-51/h4-48H,1-3H3/b22-16+,33-17-. The molecule has 1 aromatic heterocycles. The third-order valence-electron chi connectivity index (χ3n) is 13.3. The Balaban J connectivity index is 1.14. The molecule has 9 aromatic carbocycles. The van der Waals surface area contributed by atoms with Crippen LogP contribution in [0.15, 0.2) is 255 Å². The zero-order valence-electron chi connectivity index (χ0n) is 38.4. The molecular formula is C65H54N2. The summed E-state index contributed by atoms with van der Waals surface area (Å²) in [4.78, 5) is 2.31. The molecule has 324 valence electrons. The first-order chi connectivity index (χ1) is 33.0. The van der Waals surface area contributed by atoms with Gasteiger partial charge < -0.3 is 9.47 Å². The highest BCUT2D eigenvalue weighted by Crippen LogP contribution is 2.45. The van der Waals surface area contributed by atoms with E-state index in [9.17, 15) is 0 Å². The molecule has 0 aliphatic rings. The molecule has 2 heteroatoms. The largest absolute Gasteiger partial charge is 0.344 e. The topological polar surface area (TPSA) is 8.17 Å². The van der Waals surface area contributed by atoms with Gasteiger partial charge in [-0.05, 0) is 92.9 Å². The van der Waals surface area contributed by atoms with Crippen LogP contribution in [0.4, 0.5) is 11.4 Å². The second-order valence-corrected chi connectivity index (χ2v) is 17.4. The van der Waals surface area contributed by atoms with Crippen molar-refractivity contribution in [2.24, 2.45) is 0 Å². The molecule has 0 aliphatic carbocycles. The van der Waals surface area contributed by atoms with Crippen molar-refractivity contribution in [1.82, 2.24) is 4.57 Å². The van der Waals surface area contributed by atoms with Crippen molar-refractivity contribution >= 4 is 28.4 Å². The average Bonchev–Trinajstić information content (AvgIpc) is 3.74. The van der Waals surface area contributed by atoms with Crippen molar-refractivity contribution in [3.05, 3.63) is 277 Å². The summed E-state index contributed by atoms with van der Waals surface area (Å²) in [5.74, 6) is 0.373. The van der Waals surface area contributed by atoms with E-state index in [0.717, 1.165) is 17.1 Å². The highest BCUT2D eigenvalue weighted by Gasteiger charge is 2.24. The Morgan fingerprint density at radius 3 is 1.63 bits per heavy atom. The maximum atomic E-state index is 2.48. The first-order valence-electron chi connectivity index (χ1n) is 23.4. The lowest BCUT2D eigenvalue weighted by molar-refractivity contribution is 0.922. The van der Waals surface area contributed by atoms with Gasteiger partial charge >= 0.3 is 0 Å². The molecule has 0 radical (unpaired) electrons. The van der Waals surface area contributed by atoms with Crippen molar-refractivity contribution in [2.45, 2.75) is 25.7 Å². The smallest absolute Gasteiger partial charge is 0.0616 e. The van der Waals surface area contributed by atoms with Gasteiger partial charge in [-0.25, -0.2) is 0 Å². The van der Waals surface area contributed by atoms with Gasteiger partial charge in [-0.1, -0.05) is 232 Å². The van der Waals surface area contributed by atoms with Crippen LogP contribution in [-0.4, -0.2) is 11.6 Å². The van der Waals surface area contributed by atoms with Crippen LogP contribution >= 0.6 is 0 Å². The number of aromatic nitrogens is 1. The second kappa shape index (κ2) is 19.5. The third-order valence-corrected chi connectivity index (χ3v) is 13.3. The molecule has 0 spiro atoms. The third kappa shape index (κ3) is 8.95. The lowest BCUT2D eigenvalue weighted by Crippen LogP contribution is -2.10. The Bertz CT molecular complexity index is 3290. The SMILES string of the molecule is CC(/C=C/C=C\c1c(-c2ccc(-c3ccccc3N(C)c3ccc(-c4ccccc4)cc3)cc2C(C)c2ccccc2)n(-c2ccc(-c3ccccc3)cc2)c2ccccc12)c1ccccc1. The summed E-state index contributed by atoms with van der Waals surface area (Å²) < 4.78 is 2.48. The summed E-state index contributed by atoms with van der Waals surface area (Å²) in [5, 5.41) is 1.21. The van der Waals surface area contributed by atoms with Gasteiger partial charge in [-0.3, -0.25) is 0 Å². The zero-order chi connectivity index (χ0) is 45.5. The Morgan fingerprint density at radius 2 is 0.970 bits per heavy atom. The Kier molecular flexibility index (Phi) is 12.4. The number of benzene rings is 9. The fourth-order valence-electron chi connectivity index (χ4n) is 9.53. The molecular weight excluding hydrogens is 809 g/mol. The number of anilines is 2. The molecule has 0 amide bonds. The van der Waals surface area contributed by atoms with Crippen LogP contribution in [0.5, 0.6) is 0 Å². The number of hydrogen-bond donors (Lipinski definition) is 0. The number of hydrogen-bond acceptors (Lipinski definition) is 1. The van der Waals surface area contributed by atoms with Crippen molar-refractivity contribution in [2.75, 3.05) is 11.9 Å². The maximum absolute atomic E-state index is 2.48. The molecule has 10 rings (SSSR count). The summed E-state index contributed by atoms with van der Waals surface area (Å²) in [7, 11) is 2.17. The minimum atomic E-state index is 0.0851. The highest BCUT2D eigenvalue weighted by atomic mass is 15.1. The van der Waals surface area contributed by atoms with E-state index in [-0.39, 0.29) is 11.8 Å². The van der Waals surface area contributed by atoms with Crippen LogP contribution < -0.4 is 4.90 Å². The van der Waals surface area contributed by atoms with Crippen LogP contribution in [-0.2, 0) is 0 Å². The predicted octanol–water partition coefficient (Wildman–Crippen LogP) is 17.6. The van der Waals surface area contributed by atoms with E-state index < -0.39 is 0 Å². The lowest BCUT2D eigenvalue weighted by atomic mass is 9.85. The van der Waals surface area contributed by atoms with E-state index >= 15 is 0 Å². The molecule has 2 atom stereocenters. The minimum Gasteiger partial charge on any atom is -0.344 e. The molecule has 0 bridgehead atoms. The predicted molar refractivity (Wildman–Crippen MR) is 287 cm³/mol. The molecule has 10 aromatic rings. The van der Waals surface area contributed by atoms with E-state index in [0.29, 0.717) is 0 Å². The molecule has 1 heterocycles. The van der Waals surface area contributed by atoms with Crippen LogP contribution in [0.3, 0.4) is 0 Å². The monoisotopic (exact) mass is 862 g/mol. The van der Waals surface area contributed by atoms with Gasteiger partial charge in [-0.2, -0.15) is 0 Å². The van der Waals surface area contributed by atoms with Gasteiger partial charge in [0, 0.05) is 52.1 Å². The number of rotatable bonds is 13. The molecule has 0 aliphatic heterocycles. The fraction of sp³-hybridized carbons (Fsp3) is 0.0769. The Labute approximate surface area is 396 Å². The molecule has 0 N–H and O–H groups in total. The summed E-state index contributed by atoms with van der Waals surface area (Å²) in [6.07, 6.45) is 9.04. The first-order valence-corrected chi connectivity index (χ1v) is 23.4. The molecule has 2 nitrogen and oxygen atoms in total. The maximum Gasteiger partial charge on any atom is 0.0616 e. The Hall–Kier alpha value is -8.20. The van der Waals surface area contributed by atoms with Gasteiger partial charge in [0.2, 0.25) is 0 Å². The average molecular weight is 863 g/mol. The zero-order valence-corrected chi connectivity index (χ0v) is 38.4. The van der Waals surface area contributed by atoms with Gasteiger partial charge in [0.05, 0.1) is 11.2 Å². The normalized spacial score (nSPS) is 12.5. The second-order valence-electron chi connectivity index (χ2n) is 17.4. The van der Waals surface area contributed by atoms with Crippen LogP contribution in [0, 0.1) is 0 Å². The molecule has 0 saturated heterocycles. The van der Waals surface area contributed by atoms with Crippen molar-refractivity contribution < 1.29 is 0 Å². The van der Waals surface area contributed by atoms with Crippen LogP contribution in [0.25, 0.3) is 67.3 Å². The Morgan fingerprint density at radius 1 is 0.448 bits per heavy atom.